The van der Waals surface area contributed by atoms with Gasteiger partial charge in [-0.2, -0.15) is 10.2 Å². The van der Waals surface area contributed by atoms with Crippen LogP contribution in [0.3, 0.4) is 0 Å². The van der Waals surface area contributed by atoms with Gasteiger partial charge in [0.05, 0.1) is 26.1 Å². The van der Waals surface area contributed by atoms with Crippen LogP contribution in [0.15, 0.2) is 90.2 Å². The minimum Gasteiger partial charge on any atom is -0.497 e. The first kappa shape index (κ1) is 20.9. The average molecular weight is 426 g/mol. The standard InChI is InChI=1S/C25H22N4O3/c1-31-22-12-8-18(9-13-22)24-20(17-29(28-24)21-6-4-3-5-7-21)16-26-27-25(30)19-10-14-23(32-2)15-11-19/h3-17H,1-2H3,(H,27,30)/b26-16+. The number of hydrogen-bond donors (Lipinski definition) is 1. The van der Waals surface area contributed by atoms with E-state index in [0.717, 1.165) is 28.3 Å². The van der Waals surface area contributed by atoms with E-state index in [0.29, 0.717) is 11.3 Å². The fraction of sp³-hybridized carbons (Fsp3) is 0.0800. The topological polar surface area (TPSA) is 77.7 Å². The van der Waals surface area contributed by atoms with E-state index in [2.05, 4.69) is 10.5 Å². The van der Waals surface area contributed by atoms with Gasteiger partial charge in [-0.15, -0.1) is 0 Å². The highest BCUT2D eigenvalue weighted by molar-refractivity contribution is 5.95. The maximum absolute atomic E-state index is 12.4. The van der Waals surface area contributed by atoms with Gasteiger partial charge in [-0.1, -0.05) is 18.2 Å². The number of nitrogens with zero attached hydrogens (tertiary/aromatic N) is 3. The molecule has 4 rings (SSSR count). The smallest absolute Gasteiger partial charge is 0.271 e. The monoisotopic (exact) mass is 426 g/mol. The molecular formula is C25H22N4O3. The lowest BCUT2D eigenvalue weighted by Gasteiger charge is -2.03. The molecule has 0 spiro atoms. The normalized spacial score (nSPS) is 10.8. The molecular weight excluding hydrogens is 404 g/mol. The van der Waals surface area contributed by atoms with Crippen molar-refractivity contribution in [3.8, 4) is 28.4 Å². The van der Waals surface area contributed by atoms with Gasteiger partial charge in [0.1, 0.15) is 17.2 Å². The molecule has 0 atom stereocenters. The maximum Gasteiger partial charge on any atom is 0.271 e. The maximum atomic E-state index is 12.4. The Hall–Kier alpha value is -4.39. The van der Waals surface area contributed by atoms with E-state index in [4.69, 9.17) is 14.6 Å². The number of ether oxygens (including phenoxy) is 2. The fourth-order valence-electron chi connectivity index (χ4n) is 3.14. The third-order valence-electron chi connectivity index (χ3n) is 4.85. The molecule has 160 valence electrons. The highest BCUT2D eigenvalue weighted by Gasteiger charge is 2.12. The van der Waals surface area contributed by atoms with Crippen molar-refractivity contribution in [1.82, 2.24) is 15.2 Å². The number of hydrazone groups is 1. The van der Waals surface area contributed by atoms with Gasteiger partial charge >= 0.3 is 0 Å². The Balaban J connectivity index is 1.60. The van der Waals surface area contributed by atoms with Crippen LogP contribution in [0.4, 0.5) is 0 Å². The minimum atomic E-state index is -0.314. The number of amides is 1. The number of rotatable bonds is 7. The second kappa shape index (κ2) is 9.61. The number of para-hydroxylation sites is 1. The lowest BCUT2D eigenvalue weighted by molar-refractivity contribution is 0.0955. The largest absolute Gasteiger partial charge is 0.497 e. The molecule has 0 aliphatic heterocycles. The zero-order chi connectivity index (χ0) is 22.3. The fourth-order valence-corrected chi connectivity index (χ4v) is 3.14. The SMILES string of the molecule is COc1ccc(C(=O)N/N=C/c2cn(-c3ccccc3)nc2-c2ccc(OC)cc2)cc1. The van der Waals surface area contributed by atoms with Crippen molar-refractivity contribution >= 4 is 12.1 Å². The Labute approximate surface area is 185 Å². The highest BCUT2D eigenvalue weighted by Crippen LogP contribution is 2.25. The molecule has 7 nitrogen and oxygen atoms in total. The summed E-state index contributed by atoms with van der Waals surface area (Å²) < 4.78 is 12.2. The van der Waals surface area contributed by atoms with Crippen LogP contribution >= 0.6 is 0 Å². The second-order valence-electron chi connectivity index (χ2n) is 6.87. The number of nitrogens with one attached hydrogen (secondary N) is 1. The first-order chi connectivity index (χ1) is 15.7. The molecule has 0 fully saturated rings. The molecule has 1 amide bonds. The molecule has 1 heterocycles. The minimum absolute atomic E-state index is 0.314. The number of methoxy groups -OCH3 is 2. The molecule has 1 aromatic heterocycles. The highest BCUT2D eigenvalue weighted by atomic mass is 16.5. The molecule has 0 saturated carbocycles. The van der Waals surface area contributed by atoms with Crippen LogP contribution in [0.2, 0.25) is 0 Å². The summed E-state index contributed by atoms with van der Waals surface area (Å²) in [4.78, 5) is 12.4. The van der Waals surface area contributed by atoms with Crippen molar-refractivity contribution in [3.05, 3.63) is 96.2 Å². The Morgan fingerprint density at radius 2 is 1.53 bits per heavy atom. The first-order valence-corrected chi connectivity index (χ1v) is 9.95. The molecule has 0 saturated heterocycles. The number of carbonyl (C=O) groups is 1. The van der Waals surface area contributed by atoms with Gasteiger partial charge in [-0.3, -0.25) is 4.79 Å². The molecule has 0 aliphatic rings. The predicted molar refractivity (Wildman–Crippen MR) is 124 cm³/mol. The Kier molecular flexibility index (Phi) is 6.27. The Bertz CT molecular complexity index is 1210. The van der Waals surface area contributed by atoms with Crippen LogP contribution in [0.25, 0.3) is 16.9 Å². The third-order valence-corrected chi connectivity index (χ3v) is 4.85. The van der Waals surface area contributed by atoms with E-state index in [-0.39, 0.29) is 5.91 Å². The number of hydrogen-bond acceptors (Lipinski definition) is 5. The summed E-state index contributed by atoms with van der Waals surface area (Å²) in [6.07, 6.45) is 3.46. The van der Waals surface area contributed by atoms with Gasteiger partial charge in [0.15, 0.2) is 0 Å². The van der Waals surface area contributed by atoms with Gasteiger partial charge < -0.3 is 9.47 Å². The van der Waals surface area contributed by atoms with Crippen molar-refractivity contribution in [1.29, 1.82) is 0 Å². The lowest BCUT2D eigenvalue weighted by Crippen LogP contribution is -2.17. The van der Waals surface area contributed by atoms with Gasteiger partial charge in [0.25, 0.3) is 5.91 Å². The van der Waals surface area contributed by atoms with Crippen molar-refractivity contribution in [2.75, 3.05) is 14.2 Å². The van der Waals surface area contributed by atoms with Gasteiger partial charge in [0.2, 0.25) is 0 Å². The van der Waals surface area contributed by atoms with Crippen LogP contribution in [-0.2, 0) is 0 Å². The van der Waals surface area contributed by atoms with Crippen molar-refractivity contribution in [2.24, 2.45) is 5.10 Å². The summed E-state index contributed by atoms with van der Waals surface area (Å²) in [5.41, 5.74) is 6.37. The molecule has 3 aromatic carbocycles. The quantitative estimate of drug-likeness (QED) is 0.353. The average Bonchev–Trinajstić information content (AvgIpc) is 3.29. The summed E-state index contributed by atoms with van der Waals surface area (Å²) in [6, 6.07) is 24.2. The van der Waals surface area contributed by atoms with E-state index in [1.165, 1.54) is 0 Å². The molecule has 1 N–H and O–H groups in total. The molecule has 0 radical (unpaired) electrons. The van der Waals surface area contributed by atoms with E-state index < -0.39 is 0 Å². The number of carbonyl (C=O) groups excluding carboxylic acids is 1. The van der Waals surface area contributed by atoms with E-state index in [9.17, 15) is 4.79 Å². The van der Waals surface area contributed by atoms with Gasteiger partial charge in [-0.05, 0) is 60.7 Å². The molecule has 4 aromatic rings. The molecule has 0 bridgehead atoms. The van der Waals surface area contributed by atoms with Crippen LogP contribution in [0.1, 0.15) is 15.9 Å². The second-order valence-corrected chi connectivity index (χ2v) is 6.87. The van der Waals surface area contributed by atoms with Crippen LogP contribution in [0.5, 0.6) is 11.5 Å². The van der Waals surface area contributed by atoms with Crippen molar-refractivity contribution < 1.29 is 14.3 Å². The summed E-state index contributed by atoms with van der Waals surface area (Å²) in [5.74, 6) is 1.13. The summed E-state index contributed by atoms with van der Waals surface area (Å²) in [7, 11) is 3.21. The van der Waals surface area contributed by atoms with E-state index in [1.807, 2.05) is 60.8 Å². The summed E-state index contributed by atoms with van der Waals surface area (Å²) in [5, 5.41) is 8.89. The van der Waals surface area contributed by atoms with Crippen LogP contribution < -0.4 is 14.9 Å². The summed E-state index contributed by atoms with van der Waals surface area (Å²) >= 11 is 0. The van der Waals surface area contributed by atoms with Gasteiger partial charge in [0, 0.05) is 22.9 Å². The zero-order valence-corrected chi connectivity index (χ0v) is 17.7. The molecule has 0 unspecified atom stereocenters. The van der Waals surface area contributed by atoms with Crippen molar-refractivity contribution in [2.45, 2.75) is 0 Å². The summed E-state index contributed by atoms with van der Waals surface area (Å²) in [6.45, 7) is 0. The molecule has 32 heavy (non-hydrogen) atoms. The molecule has 7 heteroatoms. The number of aromatic nitrogens is 2. The van der Waals surface area contributed by atoms with Crippen molar-refractivity contribution in [3.63, 3.8) is 0 Å². The Morgan fingerprint density at radius 1 is 0.906 bits per heavy atom. The zero-order valence-electron chi connectivity index (χ0n) is 17.7. The first-order valence-electron chi connectivity index (χ1n) is 9.95. The predicted octanol–water partition coefficient (Wildman–Crippen LogP) is 4.32. The van der Waals surface area contributed by atoms with Crippen LogP contribution in [-0.4, -0.2) is 36.1 Å². The Morgan fingerprint density at radius 3 is 2.16 bits per heavy atom. The molecule has 0 aliphatic carbocycles. The number of benzene rings is 3. The third kappa shape index (κ3) is 4.67. The van der Waals surface area contributed by atoms with E-state index in [1.54, 1.807) is 49.4 Å². The van der Waals surface area contributed by atoms with E-state index >= 15 is 0 Å². The lowest BCUT2D eigenvalue weighted by atomic mass is 10.1. The van der Waals surface area contributed by atoms with Gasteiger partial charge in [-0.25, -0.2) is 10.1 Å². The van der Waals surface area contributed by atoms with Crippen LogP contribution in [0, 0.1) is 0 Å².